The molecule has 5 rings (SSSR count). The third kappa shape index (κ3) is 18.1. The van der Waals surface area contributed by atoms with Crippen molar-refractivity contribution < 1.29 is 0 Å². The summed E-state index contributed by atoms with van der Waals surface area (Å²) in [5.41, 5.74) is 5.47. The molecule has 0 bridgehead atoms. The predicted octanol–water partition coefficient (Wildman–Crippen LogP) is 11.8. The minimum atomic E-state index is 0.659. The van der Waals surface area contributed by atoms with Crippen LogP contribution < -0.4 is 0 Å². The van der Waals surface area contributed by atoms with E-state index in [-0.39, 0.29) is 0 Å². The first kappa shape index (κ1) is 32.2. The number of rotatable bonds is 1. The van der Waals surface area contributed by atoms with E-state index in [2.05, 4.69) is 95.3 Å². The molecule has 0 N–H and O–H groups in total. The van der Waals surface area contributed by atoms with Gasteiger partial charge in [0.25, 0.3) is 0 Å². The zero-order valence-electron chi connectivity index (χ0n) is 23.7. The summed E-state index contributed by atoms with van der Waals surface area (Å²) < 4.78 is 0. The zero-order chi connectivity index (χ0) is 27.1. The molecule has 4 aromatic rings. The summed E-state index contributed by atoms with van der Waals surface area (Å²) in [5, 5.41) is 0.794. The zero-order valence-corrected chi connectivity index (χ0v) is 24.4. The van der Waals surface area contributed by atoms with Gasteiger partial charge in [-0.25, -0.2) is 0 Å². The van der Waals surface area contributed by atoms with Crippen LogP contribution in [0.2, 0.25) is 5.02 Å². The van der Waals surface area contributed by atoms with Crippen LogP contribution in [0.4, 0.5) is 0 Å². The van der Waals surface area contributed by atoms with Gasteiger partial charge >= 0.3 is 0 Å². The second kappa shape index (κ2) is 21.3. The number of halogens is 1. The summed E-state index contributed by atoms with van der Waals surface area (Å²) in [6.07, 6.45) is 9.00. The molecule has 0 heterocycles. The fourth-order valence-corrected chi connectivity index (χ4v) is 3.66. The molecular weight excluding hydrogens is 468 g/mol. The maximum Gasteiger partial charge on any atom is 0.0405 e. The Bertz CT molecular complexity index is 950. The highest BCUT2D eigenvalue weighted by Crippen LogP contribution is 2.15. The first-order valence-corrected chi connectivity index (χ1v) is 14.1. The molecular formula is C36H47Cl. The number of aryl methyl sites for hydroxylation is 3. The topological polar surface area (TPSA) is 0 Å². The predicted molar refractivity (Wildman–Crippen MR) is 167 cm³/mol. The highest BCUT2D eigenvalue weighted by atomic mass is 35.5. The quantitative estimate of drug-likeness (QED) is 0.237. The Hall–Kier alpha value is -2.83. The van der Waals surface area contributed by atoms with Crippen molar-refractivity contribution in [1.82, 2.24) is 0 Å². The Morgan fingerprint density at radius 3 is 1.00 bits per heavy atom. The van der Waals surface area contributed by atoms with Gasteiger partial charge < -0.3 is 0 Å². The van der Waals surface area contributed by atoms with Gasteiger partial charge in [-0.05, 0) is 55.5 Å². The summed E-state index contributed by atoms with van der Waals surface area (Å²) in [7, 11) is 0. The van der Waals surface area contributed by atoms with Gasteiger partial charge in [0.2, 0.25) is 0 Å². The van der Waals surface area contributed by atoms with Crippen LogP contribution in [0, 0.1) is 20.8 Å². The van der Waals surface area contributed by atoms with Gasteiger partial charge in [0.15, 0.2) is 0 Å². The monoisotopic (exact) mass is 514 g/mol. The largest absolute Gasteiger partial charge is 0.0843 e. The Kier molecular flexibility index (Phi) is 18.5. The molecule has 198 valence electrons. The molecule has 0 nitrogen and oxygen atoms in total. The van der Waals surface area contributed by atoms with Gasteiger partial charge in [-0.3, -0.25) is 0 Å². The Labute approximate surface area is 232 Å². The maximum absolute atomic E-state index is 5.54. The molecule has 0 amide bonds. The molecule has 0 aliphatic heterocycles. The van der Waals surface area contributed by atoms with Gasteiger partial charge in [0.1, 0.15) is 0 Å². The van der Waals surface area contributed by atoms with E-state index in [9.17, 15) is 0 Å². The van der Waals surface area contributed by atoms with Crippen LogP contribution in [-0.2, 0) is 0 Å². The Morgan fingerprint density at radius 1 is 0.459 bits per heavy atom. The second-order valence-corrected chi connectivity index (χ2v) is 10.2. The van der Waals surface area contributed by atoms with E-state index in [0.29, 0.717) is 5.92 Å². The van der Waals surface area contributed by atoms with Crippen LogP contribution in [0.1, 0.15) is 80.5 Å². The third-order valence-corrected chi connectivity index (χ3v) is 6.32. The van der Waals surface area contributed by atoms with Crippen molar-refractivity contribution in [2.45, 2.75) is 79.1 Å². The van der Waals surface area contributed by atoms with Crippen molar-refractivity contribution in [3.05, 3.63) is 143 Å². The molecule has 1 saturated carbocycles. The first-order chi connectivity index (χ1) is 17.9. The standard InChI is InChI=1S/C9H12.C8H10.C7H8.C6H5Cl.C6H12/c1-8(2)9-6-4-3-5-7-9;1-7-5-3-4-6-8(7)2;1-7-5-3-2-4-6-7;7-6-4-2-1-3-5-6;1-2-4-6-5-3-1/h3-8H,1-2H3;3-6H,1-2H3;2-6H,1H3;1-5H;1-6H2. The molecule has 1 aliphatic rings. The van der Waals surface area contributed by atoms with E-state index in [0.717, 1.165) is 5.02 Å². The van der Waals surface area contributed by atoms with E-state index in [1.165, 1.54) is 60.8 Å². The van der Waals surface area contributed by atoms with Crippen molar-refractivity contribution in [2.24, 2.45) is 0 Å². The maximum atomic E-state index is 5.54. The lowest BCUT2D eigenvalue weighted by Gasteiger charge is -2.05. The lowest BCUT2D eigenvalue weighted by molar-refractivity contribution is 0.504. The van der Waals surface area contributed by atoms with E-state index in [1.54, 1.807) is 0 Å². The molecule has 0 saturated heterocycles. The molecule has 0 atom stereocenters. The van der Waals surface area contributed by atoms with Crippen LogP contribution >= 0.6 is 11.6 Å². The summed E-state index contributed by atoms with van der Waals surface area (Å²) in [4.78, 5) is 0. The van der Waals surface area contributed by atoms with E-state index in [1.807, 2.05) is 54.6 Å². The van der Waals surface area contributed by atoms with Gasteiger partial charge in [0.05, 0.1) is 0 Å². The normalized spacial score (nSPS) is 11.6. The van der Waals surface area contributed by atoms with Gasteiger partial charge in [-0.2, -0.15) is 0 Å². The smallest absolute Gasteiger partial charge is 0.0405 e. The van der Waals surface area contributed by atoms with Crippen molar-refractivity contribution in [3.63, 3.8) is 0 Å². The van der Waals surface area contributed by atoms with Crippen molar-refractivity contribution in [2.75, 3.05) is 0 Å². The summed E-state index contributed by atoms with van der Waals surface area (Å²) in [6.45, 7) is 10.7. The van der Waals surface area contributed by atoms with Gasteiger partial charge in [-0.1, -0.05) is 173 Å². The molecule has 0 spiro atoms. The fraction of sp³-hybridized carbons (Fsp3) is 0.333. The van der Waals surface area contributed by atoms with Crippen LogP contribution in [0.3, 0.4) is 0 Å². The molecule has 0 radical (unpaired) electrons. The van der Waals surface area contributed by atoms with Crippen molar-refractivity contribution in [3.8, 4) is 0 Å². The van der Waals surface area contributed by atoms with E-state index in [4.69, 9.17) is 11.6 Å². The van der Waals surface area contributed by atoms with E-state index >= 15 is 0 Å². The number of benzene rings is 4. The molecule has 1 aliphatic carbocycles. The third-order valence-electron chi connectivity index (χ3n) is 6.07. The molecule has 4 aromatic carbocycles. The average molecular weight is 515 g/mol. The first-order valence-electron chi connectivity index (χ1n) is 13.7. The number of hydrogen-bond donors (Lipinski definition) is 0. The Morgan fingerprint density at radius 2 is 0.784 bits per heavy atom. The summed E-state index contributed by atoms with van der Waals surface area (Å²) in [5.74, 6) is 0.659. The SMILES string of the molecule is C1CCCCC1.CC(C)c1ccccc1.Cc1ccccc1.Cc1ccccc1C.Clc1ccccc1. The van der Waals surface area contributed by atoms with Crippen LogP contribution in [-0.4, -0.2) is 0 Å². The highest BCUT2D eigenvalue weighted by Gasteiger charge is 1.95. The minimum Gasteiger partial charge on any atom is -0.0843 e. The molecule has 1 heteroatoms. The van der Waals surface area contributed by atoms with E-state index < -0.39 is 0 Å². The molecule has 0 aromatic heterocycles. The second-order valence-electron chi connectivity index (χ2n) is 9.72. The highest BCUT2D eigenvalue weighted by molar-refractivity contribution is 6.30. The van der Waals surface area contributed by atoms with Gasteiger partial charge in [0, 0.05) is 5.02 Å². The summed E-state index contributed by atoms with van der Waals surface area (Å²) >= 11 is 5.54. The van der Waals surface area contributed by atoms with Gasteiger partial charge in [-0.15, -0.1) is 0 Å². The van der Waals surface area contributed by atoms with Crippen LogP contribution in [0.5, 0.6) is 0 Å². The Balaban J connectivity index is 0.000000233. The van der Waals surface area contributed by atoms with Crippen molar-refractivity contribution in [1.29, 1.82) is 0 Å². The lowest BCUT2D eigenvalue weighted by atomic mass is 10.0. The minimum absolute atomic E-state index is 0.659. The average Bonchev–Trinajstić information content (AvgIpc) is 2.94. The number of hydrogen-bond acceptors (Lipinski definition) is 0. The molecule has 1 fully saturated rings. The molecule has 0 unspecified atom stereocenters. The molecule has 37 heavy (non-hydrogen) atoms. The van der Waals surface area contributed by atoms with Crippen LogP contribution in [0.15, 0.2) is 115 Å². The van der Waals surface area contributed by atoms with Crippen molar-refractivity contribution >= 4 is 11.6 Å². The van der Waals surface area contributed by atoms with Crippen LogP contribution in [0.25, 0.3) is 0 Å². The lowest BCUT2D eigenvalue weighted by Crippen LogP contribution is -1.85. The fourth-order valence-electron chi connectivity index (χ4n) is 3.51. The summed E-state index contributed by atoms with van der Waals surface area (Å²) in [6, 6.07) is 38.6.